The van der Waals surface area contributed by atoms with Gasteiger partial charge < -0.3 is 5.11 Å². The van der Waals surface area contributed by atoms with Crippen LogP contribution in [0, 0.1) is 0 Å². The third-order valence-corrected chi connectivity index (χ3v) is 4.58. The first-order chi connectivity index (χ1) is 10.8. The molecule has 5 nitrogen and oxygen atoms in total. The van der Waals surface area contributed by atoms with Crippen LogP contribution in [0.1, 0.15) is 27.0 Å². The summed E-state index contributed by atoms with van der Waals surface area (Å²) in [5, 5.41) is 13.0. The molecule has 3 aromatic heterocycles. The second kappa shape index (κ2) is 5.34. The summed E-state index contributed by atoms with van der Waals surface area (Å²) in [6.45, 7) is 1.88. The van der Waals surface area contributed by atoms with Crippen LogP contribution >= 0.6 is 11.3 Å². The summed E-state index contributed by atoms with van der Waals surface area (Å²) in [4.78, 5) is 16.0. The van der Waals surface area contributed by atoms with E-state index in [1.165, 1.54) is 12.3 Å². The molecule has 0 radical (unpaired) electrons. The van der Waals surface area contributed by atoms with Crippen molar-refractivity contribution >= 4 is 23.0 Å². The third-order valence-electron chi connectivity index (χ3n) is 3.31. The Kier molecular flexibility index (Phi) is 3.59. The van der Waals surface area contributed by atoms with E-state index < -0.39 is 17.7 Å². The van der Waals surface area contributed by atoms with Crippen molar-refractivity contribution in [2.75, 3.05) is 0 Å². The summed E-state index contributed by atoms with van der Waals surface area (Å²) in [5.74, 6) is -1.04. The van der Waals surface area contributed by atoms with Crippen molar-refractivity contribution in [3.05, 3.63) is 40.0 Å². The lowest BCUT2D eigenvalue weighted by molar-refractivity contribution is -0.138. The smallest absolute Gasteiger partial charge is 0.419 e. The molecular weight excluding hydrogens is 331 g/mol. The molecule has 0 saturated carbocycles. The van der Waals surface area contributed by atoms with Crippen molar-refractivity contribution in [3.63, 3.8) is 0 Å². The average molecular weight is 341 g/mol. The molecule has 0 bridgehead atoms. The van der Waals surface area contributed by atoms with Crippen LogP contribution in [0.4, 0.5) is 13.2 Å². The summed E-state index contributed by atoms with van der Waals surface area (Å²) >= 11 is 1.14. The van der Waals surface area contributed by atoms with Gasteiger partial charge in [0.1, 0.15) is 4.88 Å². The summed E-state index contributed by atoms with van der Waals surface area (Å²) in [6.07, 6.45) is -0.889. The minimum atomic E-state index is -4.50. The molecule has 0 aromatic carbocycles. The van der Waals surface area contributed by atoms with Gasteiger partial charge in [0.15, 0.2) is 5.65 Å². The molecule has 0 aliphatic rings. The second-order valence-electron chi connectivity index (χ2n) is 4.77. The van der Waals surface area contributed by atoms with Crippen LogP contribution in [0.3, 0.4) is 0 Å². The molecule has 0 unspecified atom stereocenters. The molecule has 3 heterocycles. The molecule has 120 valence electrons. The topological polar surface area (TPSA) is 67.5 Å². The van der Waals surface area contributed by atoms with Gasteiger partial charge in [0.05, 0.1) is 11.8 Å². The highest BCUT2D eigenvalue weighted by Gasteiger charge is 2.32. The number of alkyl halides is 3. The van der Waals surface area contributed by atoms with Gasteiger partial charge in [-0.15, -0.1) is 11.3 Å². The van der Waals surface area contributed by atoms with E-state index in [2.05, 4.69) is 10.1 Å². The third kappa shape index (κ3) is 2.67. The predicted molar refractivity (Wildman–Crippen MR) is 77.6 cm³/mol. The molecule has 0 spiro atoms. The lowest BCUT2D eigenvalue weighted by atomic mass is 10.1. The highest BCUT2D eigenvalue weighted by atomic mass is 32.1. The fourth-order valence-corrected chi connectivity index (χ4v) is 3.19. The van der Waals surface area contributed by atoms with Crippen LogP contribution in [-0.4, -0.2) is 25.7 Å². The monoisotopic (exact) mass is 341 g/mol. The summed E-state index contributed by atoms with van der Waals surface area (Å²) in [7, 11) is 0. The number of rotatable bonds is 3. The number of aromatic nitrogens is 3. The van der Waals surface area contributed by atoms with Crippen molar-refractivity contribution in [2.45, 2.75) is 19.5 Å². The van der Waals surface area contributed by atoms with E-state index in [0.29, 0.717) is 17.5 Å². The molecule has 3 aromatic rings. The molecule has 3 rings (SSSR count). The normalized spacial score (nSPS) is 12.0. The van der Waals surface area contributed by atoms with Gasteiger partial charge in [-0.25, -0.2) is 14.3 Å². The number of hydrogen-bond donors (Lipinski definition) is 1. The van der Waals surface area contributed by atoms with Gasteiger partial charge in [-0.3, -0.25) is 0 Å². The maximum absolute atomic E-state index is 12.7. The quantitative estimate of drug-likeness (QED) is 0.788. The Bertz CT molecular complexity index is 898. The molecule has 0 aliphatic heterocycles. The molecule has 1 N–H and O–H groups in total. The number of aromatic carboxylic acids is 1. The summed E-state index contributed by atoms with van der Waals surface area (Å²) < 4.78 is 39.2. The molecule has 0 fully saturated rings. The van der Waals surface area contributed by atoms with Crippen LogP contribution in [-0.2, 0) is 12.6 Å². The van der Waals surface area contributed by atoms with E-state index >= 15 is 0 Å². The van der Waals surface area contributed by atoms with Crippen LogP contribution in [0.25, 0.3) is 16.8 Å². The molecule has 0 atom stereocenters. The van der Waals surface area contributed by atoms with Crippen molar-refractivity contribution in [1.29, 1.82) is 0 Å². The molecular formula is C14H10F3N3O2S. The number of hydrogen-bond acceptors (Lipinski definition) is 4. The SMILES string of the molecule is CCc1sc(C(=O)O)cc1-c1cnn2cc(C(F)(F)F)cnc12. The molecule has 9 heteroatoms. The van der Waals surface area contributed by atoms with Gasteiger partial charge in [-0.05, 0) is 12.5 Å². The van der Waals surface area contributed by atoms with Gasteiger partial charge in [0.2, 0.25) is 0 Å². The highest BCUT2D eigenvalue weighted by Crippen LogP contribution is 2.35. The van der Waals surface area contributed by atoms with Gasteiger partial charge in [0, 0.05) is 28.4 Å². The summed E-state index contributed by atoms with van der Waals surface area (Å²) in [6, 6.07) is 1.50. The van der Waals surface area contributed by atoms with Gasteiger partial charge in [-0.1, -0.05) is 6.92 Å². The first kappa shape index (κ1) is 15.5. The van der Waals surface area contributed by atoms with Crippen molar-refractivity contribution in [2.24, 2.45) is 0 Å². The maximum atomic E-state index is 12.7. The zero-order valence-electron chi connectivity index (χ0n) is 11.8. The van der Waals surface area contributed by atoms with E-state index in [0.717, 1.165) is 33.1 Å². The summed E-state index contributed by atoms with van der Waals surface area (Å²) in [5.41, 5.74) is 0.505. The minimum Gasteiger partial charge on any atom is -0.477 e. The van der Waals surface area contributed by atoms with Crippen molar-refractivity contribution < 1.29 is 23.1 Å². The second-order valence-corrected chi connectivity index (χ2v) is 5.91. The van der Waals surface area contributed by atoms with E-state index in [1.54, 1.807) is 0 Å². The van der Waals surface area contributed by atoms with Gasteiger partial charge in [-0.2, -0.15) is 18.3 Å². The van der Waals surface area contributed by atoms with Crippen LogP contribution in [0.5, 0.6) is 0 Å². The lowest BCUT2D eigenvalue weighted by Crippen LogP contribution is -2.07. The van der Waals surface area contributed by atoms with E-state index in [1.807, 2.05) is 6.92 Å². The van der Waals surface area contributed by atoms with Gasteiger partial charge >= 0.3 is 12.1 Å². The lowest BCUT2D eigenvalue weighted by Gasteiger charge is -2.06. The standard InChI is InChI=1S/C14H10F3N3O2S/c1-2-10-8(3-11(23-10)13(21)22)9-5-19-20-6-7(14(15,16)17)4-18-12(9)20/h3-6H,2H2,1H3,(H,21,22). The minimum absolute atomic E-state index is 0.170. The van der Waals surface area contributed by atoms with Crippen molar-refractivity contribution in [3.8, 4) is 11.1 Å². The average Bonchev–Trinajstić information content (AvgIpc) is 3.08. The Balaban J connectivity index is 2.16. The van der Waals surface area contributed by atoms with E-state index in [-0.39, 0.29) is 10.5 Å². The number of fused-ring (bicyclic) bond motifs is 1. The Morgan fingerprint density at radius 3 is 2.70 bits per heavy atom. The predicted octanol–water partition coefficient (Wildman–Crippen LogP) is 3.74. The fraction of sp³-hybridized carbons (Fsp3) is 0.214. The number of aryl methyl sites for hydroxylation is 1. The Morgan fingerprint density at radius 2 is 2.09 bits per heavy atom. The Morgan fingerprint density at radius 1 is 1.35 bits per heavy atom. The van der Waals surface area contributed by atoms with E-state index in [9.17, 15) is 18.0 Å². The first-order valence-electron chi connectivity index (χ1n) is 6.58. The Hall–Kier alpha value is -2.42. The molecule has 0 amide bonds. The number of carbonyl (C=O) groups is 1. The molecule has 23 heavy (non-hydrogen) atoms. The van der Waals surface area contributed by atoms with E-state index in [4.69, 9.17) is 5.11 Å². The first-order valence-corrected chi connectivity index (χ1v) is 7.40. The number of thiophene rings is 1. The number of halogens is 3. The molecule has 0 aliphatic carbocycles. The fourth-order valence-electron chi connectivity index (χ4n) is 2.24. The maximum Gasteiger partial charge on any atom is 0.419 e. The molecule has 0 saturated heterocycles. The zero-order chi connectivity index (χ0) is 16.8. The van der Waals surface area contributed by atoms with Crippen LogP contribution in [0.15, 0.2) is 24.7 Å². The van der Waals surface area contributed by atoms with Crippen LogP contribution in [0.2, 0.25) is 0 Å². The number of carboxylic acids is 1. The van der Waals surface area contributed by atoms with Crippen LogP contribution < -0.4 is 0 Å². The number of nitrogens with zero attached hydrogens (tertiary/aromatic N) is 3. The Labute approximate surface area is 132 Å². The number of carboxylic acid groups (broad SMARTS) is 1. The van der Waals surface area contributed by atoms with Gasteiger partial charge in [0.25, 0.3) is 0 Å². The zero-order valence-corrected chi connectivity index (χ0v) is 12.6. The highest BCUT2D eigenvalue weighted by molar-refractivity contribution is 7.14. The van der Waals surface area contributed by atoms with Crippen molar-refractivity contribution in [1.82, 2.24) is 14.6 Å². The largest absolute Gasteiger partial charge is 0.477 e.